The molecule has 1 aliphatic heterocycles. The summed E-state index contributed by atoms with van der Waals surface area (Å²) < 4.78 is 2.42. The van der Waals surface area contributed by atoms with Crippen molar-refractivity contribution in [2.24, 2.45) is 0 Å². The van der Waals surface area contributed by atoms with E-state index in [9.17, 15) is 0 Å². The van der Waals surface area contributed by atoms with Gasteiger partial charge in [-0.15, -0.1) is 0 Å². The molecule has 1 saturated heterocycles. The molecule has 1 aliphatic carbocycles. The minimum atomic E-state index is 0.596. The molecule has 0 aromatic carbocycles. The van der Waals surface area contributed by atoms with E-state index in [1.165, 1.54) is 57.4 Å². The SMILES string of the molecule is CN(c1nccn1C1CCCCC1)C1CCCNC1. The standard InChI is InChI=1S/C15H26N4/c1-18(14-8-5-9-16-12-14)15-17-10-11-19(15)13-6-3-2-4-7-13/h10-11,13-14,16H,2-9,12H2,1H3. The Labute approximate surface area is 116 Å². The third kappa shape index (κ3) is 2.78. The maximum Gasteiger partial charge on any atom is 0.205 e. The van der Waals surface area contributed by atoms with Crippen LogP contribution in [0.5, 0.6) is 0 Å². The molecule has 19 heavy (non-hydrogen) atoms. The molecule has 1 N–H and O–H groups in total. The number of hydrogen-bond donors (Lipinski definition) is 1. The third-order valence-electron chi connectivity index (χ3n) is 4.75. The molecule has 106 valence electrons. The molecule has 4 heteroatoms. The average Bonchev–Trinajstić information content (AvgIpc) is 2.98. The predicted molar refractivity (Wildman–Crippen MR) is 78.6 cm³/mol. The predicted octanol–water partition coefficient (Wildman–Crippen LogP) is 2.58. The molecule has 2 heterocycles. The van der Waals surface area contributed by atoms with Gasteiger partial charge >= 0.3 is 0 Å². The zero-order valence-electron chi connectivity index (χ0n) is 12.0. The first-order valence-corrected chi connectivity index (χ1v) is 7.82. The fourth-order valence-electron chi connectivity index (χ4n) is 3.55. The van der Waals surface area contributed by atoms with Crippen LogP contribution in [0.2, 0.25) is 0 Å². The first-order chi connectivity index (χ1) is 9.36. The number of aromatic nitrogens is 2. The number of likely N-dealkylation sites (N-methyl/N-ethyl adjacent to an activating group) is 1. The number of hydrogen-bond acceptors (Lipinski definition) is 3. The Kier molecular flexibility index (Phi) is 4.06. The third-order valence-corrected chi connectivity index (χ3v) is 4.75. The number of nitrogens with zero attached hydrogens (tertiary/aromatic N) is 3. The smallest absolute Gasteiger partial charge is 0.205 e. The van der Waals surface area contributed by atoms with Crippen LogP contribution in [0.4, 0.5) is 5.95 Å². The molecule has 0 radical (unpaired) electrons. The molecule has 2 fully saturated rings. The van der Waals surface area contributed by atoms with Crippen LogP contribution in [0, 0.1) is 0 Å². The number of rotatable bonds is 3. The molecule has 1 saturated carbocycles. The highest BCUT2D eigenvalue weighted by atomic mass is 15.3. The summed E-state index contributed by atoms with van der Waals surface area (Å²) in [5.74, 6) is 1.17. The monoisotopic (exact) mass is 262 g/mol. The zero-order chi connectivity index (χ0) is 13.1. The van der Waals surface area contributed by atoms with Crippen LogP contribution >= 0.6 is 0 Å². The fraction of sp³-hybridized carbons (Fsp3) is 0.800. The zero-order valence-corrected chi connectivity index (χ0v) is 12.0. The van der Waals surface area contributed by atoms with Gasteiger partial charge in [-0.2, -0.15) is 0 Å². The van der Waals surface area contributed by atoms with E-state index in [0.717, 1.165) is 6.54 Å². The van der Waals surface area contributed by atoms with Crippen molar-refractivity contribution in [2.75, 3.05) is 25.0 Å². The lowest BCUT2D eigenvalue weighted by molar-refractivity contribution is 0.349. The Morgan fingerprint density at radius 2 is 2.05 bits per heavy atom. The van der Waals surface area contributed by atoms with Gasteiger partial charge in [-0.05, 0) is 32.2 Å². The minimum Gasteiger partial charge on any atom is -0.341 e. The van der Waals surface area contributed by atoms with Crippen molar-refractivity contribution < 1.29 is 0 Å². The quantitative estimate of drug-likeness (QED) is 0.909. The van der Waals surface area contributed by atoms with Crippen molar-refractivity contribution in [3.63, 3.8) is 0 Å². The van der Waals surface area contributed by atoms with E-state index in [-0.39, 0.29) is 0 Å². The summed E-state index contributed by atoms with van der Waals surface area (Å²) in [4.78, 5) is 7.02. The van der Waals surface area contributed by atoms with E-state index >= 15 is 0 Å². The van der Waals surface area contributed by atoms with Crippen LogP contribution in [0.25, 0.3) is 0 Å². The van der Waals surface area contributed by atoms with Crippen molar-refractivity contribution in [3.8, 4) is 0 Å². The Bertz CT molecular complexity index is 389. The van der Waals surface area contributed by atoms with Gasteiger partial charge in [0.1, 0.15) is 0 Å². The number of anilines is 1. The van der Waals surface area contributed by atoms with Crippen LogP contribution in [-0.4, -0.2) is 35.7 Å². The Balaban J connectivity index is 1.74. The van der Waals surface area contributed by atoms with Crippen LogP contribution in [0.3, 0.4) is 0 Å². The molecule has 0 amide bonds. The van der Waals surface area contributed by atoms with E-state index in [1.807, 2.05) is 6.20 Å². The summed E-state index contributed by atoms with van der Waals surface area (Å²) in [5.41, 5.74) is 0. The molecule has 4 nitrogen and oxygen atoms in total. The fourth-order valence-corrected chi connectivity index (χ4v) is 3.55. The second kappa shape index (κ2) is 5.95. The molecule has 0 bridgehead atoms. The van der Waals surface area contributed by atoms with E-state index in [2.05, 4.69) is 33.0 Å². The molecule has 1 atom stereocenters. The molecule has 1 unspecified atom stereocenters. The highest BCUT2D eigenvalue weighted by molar-refractivity contribution is 5.33. The Morgan fingerprint density at radius 3 is 2.79 bits per heavy atom. The van der Waals surface area contributed by atoms with Gasteiger partial charge in [0.2, 0.25) is 5.95 Å². The van der Waals surface area contributed by atoms with E-state index in [4.69, 9.17) is 0 Å². The van der Waals surface area contributed by atoms with Crippen LogP contribution < -0.4 is 10.2 Å². The molecule has 1 aromatic heterocycles. The summed E-state index contributed by atoms with van der Waals surface area (Å²) >= 11 is 0. The van der Waals surface area contributed by atoms with Gasteiger partial charge in [0.25, 0.3) is 0 Å². The summed E-state index contributed by atoms with van der Waals surface area (Å²) in [6.07, 6.45) is 13.5. The van der Waals surface area contributed by atoms with Gasteiger partial charge in [-0.1, -0.05) is 19.3 Å². The van der Waals surface area contributed by atoms with Gasteiger partial charge in [0.05, 0.1) is 0 Å². The van der Waals surface area contributed by atoms with Crippen molar-refractivity contribution in [1.82, 2.24) is 14.9 Å². The molecule has 3 rings (SSSR count). The van der Waals surface area contributed by atoms with Crippen molar-refractivity contribution in [3.05, 3.63) is 12.4 Å². The number of nitrogens with one attached hydrogen (secondary N) is 1. The first-order valence-electron chi connectivity index (χ1n) is 7.82. The first kappa shape index (κ1) is 13.0. The summed E-state index contributed by atoms with van der Waals surface area (Å²) in [7, 11) is 2.21. The largest absolute Gasteiger partial charge is 0.341 e. The Morgan fingerprint density at radius 1 is 1.21 bits per heavy atom. The molecule has 1 aromatic rings. The van der Waals surface area contributed by atoms with Crippen LogP contribution in [0.15, 0.2) is 12.4 Å². The van der Waals surface area contributed by atoms with Crippen molar-refractivity contribution in [1.29, 1.82) is 0 Å². The second-order valence-electron chi connectivity index (χ2n) is 6.04. The van der Waals surface area contributed by atoms with Crippen LogP contribution in [-0.2, 0) is 0 Å². The highest BCUT2D eigenvalue weighted by Gasteiger charge is 2.24. The lowest BCUT2D eigenvalue weighted by Gasteiger charge is -2.34. The highest BCUT2D eigenvalue weighted by Crippen LogP contribution is 2.31. The lowest BCUT2D eigenvalue weighted by atomic mass is 9.95. The molecular weight excluding hydrogens is 236 g/mol. The van der Waals surface area contributed by atoms with Gasteiger partial charge in [0.15, 0.2) is 0 Å². The van der Waals surface area contributed by atoms with Gasteiger partial charge in [-0.25, -0.2) is 4.98 Å². The number of imidazole rings is 1. The van der Waals surface area contributed by atoms with E-state index in [0.29, 0.717) is 12.1 Å². The molecule has 0 spiro atoms. The normalized spacial score (nSPS) is 25.4. The maximum atomic E-state index is 4.63. The lowest BCUT2D eigenvalue weighted by Crippen LogP contribution is -2.45. The van der Waals surface area contributed by atoms with Crippen molar-refractivity contribution in [2.45, 2.75) is 57.0 Å². The minimum absolute atomic E-state index is 0.596. The van der Waals surface area contributed by atoms with Crippen LogP contribution in [0.1, 0.15) is 51.0 Å². The summed E-state index contributed by atoms with van der Waals surface area (Å²) in [6, 6.07) is 1.27. The maximum absolute atomic E-state index is 4.63. The average molecular weight is 262 g/mol. The molecular formula is C15H26N4. The Hall–Kier alpha value is -1.03. The summed E-state index contributed by atoms with van der Waals surface area (Å²) in [6.45, 7) is 2.26. The molecule has 2 aliphatic rings. The van der Waals surface area contributed by atoms with Gasteiger partial charge in [0, 0.05) is 38.1 Å². The van der Waals surface area contributed by atoms with E-state index < -0.39 is 0 Å². The van der Waals surface area contributed by atoms with Crippen molar-refractivity contribution >= 4 is 5.95 Å². The van der Waals surface area contributed by atoms with E-state index in [1.54, 1.807) is 0 Å². The topological polar surface area (TPSA) is 33.1 Å². The summed E-state index contributed by atoms with van der Waals surface area (Å²) in [5, 5.41) is 3.50. The van der Waals surface area contributed by atoms with Gasteiger partial charge < -0.3 is 14.8 Å². The second-order valence-corrected chi connectivity index (χ2v) is 6.04. The number of piperidine rings is 1. The van der Waals surface area contributed by atoms with Gasteiger partial charge in [-0.3, -0.25) is 0 Å².